The Balaban J connectivity index is 1.85. The van der Waals surface area contributed by atoms with Gasteiger partial charge in [-0.15, -0.1) is 0 Å². The molecule has 0 amide bonds. The smallest absolute Gasteiger partial charge is 0.141 e. The third kappa shape index (κ3) is 5.54. The highest BCUT2D eigenvalue weighted by atomic mass is 16.5. The SMILES string of the molecule is COc1ccc(C(C)(C)C)cc1NCC(C)(NC1CCCCC1)c1ccccc1. The maximum atomic E-state index is 5.65. The van der Waals surface area contributed by atoms with E-state index in [2.05, 4.69) is 86.9 Å². The summed E-state index contributed by atoms with van der Waals surface area (Å²) in [5.74, 6) is 0.895. The van der Waals surface area contributed by atoms with Gasteiger partial charge in [-0.25, -0.2) is 0 Å². The van der Waals surface area contributed by atoms with E-state index in [4.69, 9.17) is 4.74 Å². The van der Waals surface area contributed by atoms with Crippen LogP contribution in [-0.2, 0) is 11.0 Å². The van der Waals surface area contributed by atoms with Crippen LogP contribution in [0.25, 0.3) is 0 Å². The van der Waals surface area contributed by atoms with Crippen molar-refractivity contribution in [1.82, 2.24) is 5.32 Å². The zero-order valence-electron chi connectivity index (χ0n) is 18.8. The number of benzene rings is 2. The molecule has 3 heteroatoms. The summed E-state index contributed by atoms with van der Waals surface area (Å²) in [6.45, 7) is 9.87. The number of rotatable bonds is 7. The Morgan fingerprint density at radius 3 is 2.21 bits per heavy atom. The van der Waals surface area contributed by atoms with Crippen LogP contribution in [0.2, 0.25) is 0 Å². The molecule has 2 N–H and O–H groups in total. The lowest BCUT2D eigenvalue weighted by Crippen LogP contribution is -2.50. The predicted octanol–water partition coefficient (Wildman–Crippen LogP) is 6.24. The van der Waals surface area contributed by atoms with Gasteiger partial charge in [0.15, 0.2) is 0 Å². The summed E-state index contributed by atoms with van der Waals surface area (Å²) in [5, 5.41) is 7.72. The van der Waals surface area contributed by atoms with Crippen LogP contribution in [0.15, 0.2) is 48.5 Å². The third-order valence-corrected chi connectivity index (χ3v) is 6.24. The molecule has 2 aromatic rings. The number of methoxy groups -OCH3 is 1. The second-order valence-electron chi connectivity index (χ2n) is 9.70. The lowest BCUT2D eigenvalue weighted by atomic mass is 9.86. The Hall–Kier alpha value is -2.00. The Morgan fingerprint density at radius 1 is 0.897 bits per heavy atom. The minimum Gasteiger partial charge on any atom is -0.495 e. The van der Waals surface area contributed by atoms with Gasteiger partial charge >= 0.3 is 0 Å². The first-order valence-corrected chi connectivity index (χ1v) is 11.1. The lowest BCUT2D eigenvalue weighted by molar-refractivity contribution is 0.275. The third-order valence-electron chi connectivity index (χ3n) is 6.24. The molecule has 29 heavy (non-hydrogen) atoms. The molecule has 2 aromatic carbocycles. The molecular formula is C26H38N2O. The van der Waals surface area contributed by atoms with Crippen LogP contribution in [0.5, 0.6) is 5.75 Å². The van der Waals surface area contributed by atoms with Gasteiger partial charge in [-0.3, -0.25) is 0 Å². The summed E-state index contributed by atoms with van der Waals surface area (Å²) in [7, 11) is 1.74. The topological polar surface area (TPSA) is 33.3 Å². The molecule has 0 aliphatic heterocycles. The summed E-state index contributed by atoms with van der Waals surface area (Å²) < 4.78 is 5.65. The molecule has 1 atom stereocenters. The van der Waals surface area contributed by atoms with E-state index in [0.29, 0.717) is 6.04 Å². The van der Waals surface area contributed by atoms with Gasteiger partial charge in [-0.05, 0) is 48.4 Å². The maximum absolute atomic E-state index is 5.65. The fourth-order valence-electron chi connectivity index (χ4n) is 4.32. The Labute approximate surface area is 177 Å². The molecule has 0 bridgehead atoms. The van der Waals surface area contributed by atoms with E-state index in [-0.39, 0.29) is 11.0 Å². The molecule has 3 nitrogen and oxygen atoms in total. The molecule has 0 heterocycles. The average Bonchev–Trinajstić information content (AvgIpc) is 2.73. The van der Waals surface area contributed by atoms with Gasteiger partial charge in [0, 0.05) is 12.6 Å². The van der Waals surface area contributed by atoms with Crippen molar-refractivity contribution in [2.45, 2.75) is 76.8 Å². The largest absolute Gasteiger partial charge is 0.495 e. The van der Waals surface area contributed by atoms with Crippen molar-refractivity contribution in [3.05, 3.63) is 59.7 Å². The monoisotopic (exact) mass is 394 g/mol. The minimum absolute atomic E-state index is 0.103. The van der Waals surface area contributed by atoms with Crippen molar-refractivity contribution in [2.24, 2.45) is 0 Å². The standard InChI is InChI=1S/C26H38N2O/c1-25(2,3)21-16-17-24(29-5)23(18-21)27-19-26(4,20-12-8-6-9-13-20)28-22-14-10-7-11-15-22/h6,8-9,12-13,16-18,22,27-28H,7,10-11,14-15,19H2,1-5H3. The van der Waals surface area contributed by atoms with Crippen LogP contribution >= 0.6 is 0 Å². The molecule has 158 valence electrons. The molecular weight excluding hydrogens is 356 g/mol. The van der Waals surface area contributed by atoms with Crippen molar-refractivity contribution >= 4 is 5.69 Å². The highest BCUT2D eigenvalue weighted by molar-refractivity contribution is 5.59. The second-order valence-corrected chi connectivity index (χ2v) is 9.70. The normalized spacial score (nSPS) is 17.6. The predicted molar refractivity (Wildman–Crippen MR) is 124 cm³/mol. The lowest BCUT2D eigenvalue weighted by Gasteiger charge is -2.38. The number of hydrogen-bond acceptors (Lipinski definition) is 3. The molecule has 1 aliphatic carbocycles. The fraction of sp³-hybridized carbons (Fsp3) is 0.538. The van der Waals surface area contributed by atoms with E-state index in [1.165, 1.54) is 43.2 Å². The van der Waals surface area contributed by atoms with Crippen LogP contribution in [0.1, 0.15) is 70.9 Å². The first-order valence-electron chi connectivity index (χ1n) is 11.1. The quantitative estimate of drug-likeness (QED) is 0.583. The van der Waals surface area contributed by atoms with Gasteiger partial charge in [0.25, 0.3) is 0 Å². The summed E-state index contributed by atoms with van der Waals surface area (Å²) in [6, 6.07) is 17.9. The van der Waals surface area contributed by atoms with Crippen LogP contribution in [-0.4, -0.2) is 19.7 Å². The summed E-state index contributed by atoms with van der Waals surface area (Å²) in [6.07, 6.45) is 6.57. The van der Waals surface area contributed by atoms with Gasteiger partial charge in [0.05, 0.1) is 18.3 Å². The van der Waals surface area contributed by atoms with Crippen molar-refractivity contribution in [3.63, 3.8) is 0 Å². The Kier molecular flexibility index (Phi) is 6.89. The second kappa shape index (κ2) is 9.21. The summed E-state index contributed by atoms with van der Waals surface area (Å²) in [5.41, 5.74) is 3.65. The van der Waals surface area contributed by atoms with E-state index >= 15 is 0 Å². The van der Waals surface area contributed by atoms with Gasteiger partial charge in [-0.1, -0.05) is 76.4 Å². The minimum atomic E-state index is -0.147. The molecule has 1 saturated carbocycles. The number of anilines is 1. The first-order chi connectivity index (χ1) is 13.8. The first kappa shape index (κ1) is 21.7. The van der Waals surface area contributed by atoms with Gasteiger partial charge < -0.3 is 15.4 Å². The van der Waals surface area contributed by atoms with E-state index in [1.54, 1.807) is 7.11 Å². The zero-order chi connectivity index (χ0) is 20.9. The average molecular weight is 395 g/mol. The molecule has 3 rings (SSSR count). The molecule has 0 saturated heterocycles. The maximum Gasteiger partial charge on any atom is 0.141 e. The van der Waals surface area contributed by atoms with Crippen LogP contribution in [0, 0.1) is 0 Å². The van der Waals surface area contributed by atoms with E-state index < -0.39 is 0 Å². The molecule has 1 fully saturated rings. The van der Waals surface area contributed by atoms with E-state index in [1.807, 2.05) is 0 Å². The van der Waals surface area contributed by atoms with Gasteiger partial charge in [-0.2, -0.15) is 0 Å². The zero-order valence-corrected chi connectivity index (χ0v) is 18.8. The fourth-order valence-corrected chi connectivity index (χ4v) is 4.32. The van der Waals surface area contributed by atoms with Crippen molar-refractivity contribution < 1.29 is 4.74 Å². The van der Waals surface area contributed by atoms with Crippen LogP contribution in [0.4, 0.5) is 5.69 Å². The molecule has 0 radical (unpaired) electrons. The van der Waals surface area contributed by atoms with Crippen molar-refractivity contribution in [3.8, 4) is 5.75 Å². The van der Waals surface area contributed by atoms with Crippen molar-refractivity contribution in [2.75, 3.05) is 19.0 Å². The van der Waals surface area contributed by atoms with Gasteiger partial charge in [0.1, 0.15) is 5.75 Å². The molecule has 0 spiro atoms. The van der Waals surface area contributed by atoms with E-state index in [0.717, 1.165) is 18.0 Å². The van der Waals surface area contributed by atoms with E-state index in [9.17, 15) is 0 Å². The van der Waals surface area contributed by atoms with Crippen molar-refractivity contribution in [1.29, 1.82) is 0 Å². The molecule has 1 unspecified atom stereocenters. The van der Waals surface area contributed by atoms with Crippen LogP contribution in [0.3, 0.4) is 0 Å². The Morgan fingerprint density at radius 2 is 1.59 bits per heavy atom. The highest BCUT2D eigenvalue weighted by Gasteiger charge is 2.30. The summed E-state index contributed by atoms with van der Waals surface area (Å²) in [4.78, 5) is 0. The number of hydrogen-bond donors (Lipinski definition) is 2. The number of nitrogens with one attached hydrogen (secondary N) is 2. The molecule has 0 aromatic heterocycles. The summed E-state index contributed by atoms with van der Waals surface area (Å²) >= 11 is 0. The van der Waals surface area contributed by atoms with Crippen LogP contribution < -0.4 is 15.4 Å². The van der Waals surface area contributed by atoms with Gasteiger partial charge in [0.2, 0.25) is 0 Å². The molecule has 1 aliphatic rings. The highest BCUT2D eigenvalue weighted by Crippen LogP contribution is 2.33. The Bertz CT molecular complexity index is 775. The number of ether oxygens (including phenoxy) is 1.